The Morgan fingerprint density at radius 1 is 1.31 bits per heavy atom. The summed E-state index contributed by atoms with van der Waals surface area (Å²) in [4.78, 5) is 14.9. The third-order valence-electron chi connectivity index (χ3n) is 1.95. The molecule has 1 heterocycles. The standard InChI is InChI=1S/C10H9NO2/c12-10-9(11-7-13-10)6-8-4-2-1-3-5-8/h1-5,7,9H,6H2. The van der Waals surface area contributed by atoms with Gasteiger partial charge in [-0.2, -0.15) is 0 Å². The predicted octanol–water partition coefficient (Wildman–Crippen LogP) is 1.18. The predicted molar refractivity (Wildman–Crippen MR) is 48.5 cm³/mol. The highest BCUT2D eigenvalue weighted by molar-refractivity contribution is 5.88. The first-order valence-corrected chi connectivity index (χ1v) is 4.12. The minimum absolute atomic E-state index is 0.260. The van der Waals surface area contributed by atoms with Crippen LogP contribution in [0.15, 0.2) is 35.3 Å². The highest BCUT2D eigenvalue weighted by Crippen LogP contribution is 2.09. The van der Waals surface area contributed by atoms with Crippen molar-refractivity contribution < 1.29 is 9.53 Å². The first kappa shape index (κ1) is 7.98. The Morgan fingerprint density at radius 3 is 2.69 bits per heavy atom. The van der Waals surface area contributed by atoms with Gasteiger partial charge in [-0.15, -0.1) is 0 Å². The second-order valence-electron chi connectivity index (χ2n) is 2.90. The topological polar surface area (TPSA) is 38.7 Å². The summed E-state index contributed by atoms with van der Waals surface area (Å²) < 4.78 is 4.61. The lowest BCUT2D eigenvalue weighted by Gasteiger charge is -2.02. The maximum atomic E-state index is 11.0. The summed E-state index contributed by atoms with van der Waals surface area (Å²) in [6.07, 6.45) is 1.84. The molecule has 66 valence electrons. The van der Waals surface area contributed by atoms with Crippen LogP contribution < -0.4 is 0 Å². The molecule has 1 atom stereocenters. The van der Waals surface area contributed by atoms with E-state index >= 15 is 0 Å². The van der Waals surface area contributed by atoms with E-state index < -0.39 is 0 Å². The molecule has 1 aliphatic rings. The molecule has 0 radical (unpaired) electrons. The molecule has 0 amide bonds. The van der Waals surface area contributed by atoms with Crippen molar-refractivity contribution in [2.75, 3.05) is 0 Å². The summed E-state index contributed by atoms with van der Waals surface area (Å²) in [6, 6.07) is 9.43. The summed E-state index contributed by atoms with van der Waals surface area (Å²) in [7, 11) is 0. The highest BCUT2D eigenvalue weighted by atomic mass is 16.5. The molecule has 0 saturated carbocycles. The van der Waals surface area contributed by atoms with E-state index in [1.165, 1.54) is 6.40 Å². The summed E-state index contributed by atoms with van der Waals surface area (Å²) in [5.74, 6) is -0.260. The third-order valence-corrected chi connectivity index (χ3v) is 1.95. The van der Waals surface area contributed by atoms with Crippen LogP contribution in [0.4, 0.5) is 0 Å². The maximum absolute atomic E-state index is 11.0. The van der Waals surface area contributed by atoms with Crippen LogP contribution in [-0.2, 0) is 16.0 Å². The Kier molecular flexibility index (Phi) is 2.08. The van der Waals surface area contributed by atoms with Crippen LogP contribution >= 0.6 is 0 Å². The van der Waals surface area contributed by atoms with Gasteiger partial charge in [0.2, 0.25) is 0 Å². The van der Waals surface area contributed by atoms with Crippen molar-refractivity contribution in [1.29, 1.82) is 0 Å². The molecule has 1 aliphatic heterocycles. The lowest BCUT2D eigenvalue weighted by atomic mass is 10.1. The second kappa shape index (κ2) is 3.39. The number of carbonyl (C=O) groups is 1. The van der Waals surface area contributed by atoms with E-state index in [4.69, 9.17) is 0 Å². The minimum atomic E-state index is -0.345. The quantitative estimate of drug-likeness (QED) is 0.633. The molecule has 0 aliphatic carbocycles. The zero-order chi connectivity index (χ0) is 9.10. The zero-order valence-electron chi connectivity index (χ0n) is 7.01. The number of cyclic esters (lactones) is 1. The number of aliphatic imine (C=N–C) groups is 1. The van der Waals surface area contributed by atoms with E-state index in [0.29, 0.717) is 6.42 Å². The average molecular weight is 175 g/mol. The van der Waals surface area contributed by atoms with Gasteiger partial charge in [-0.3, -0.25) is 0 Å². The van der Waals surface area contributed by atoms with E-state index in [1.54, 1.807) is 0 Å². The number of esters is 1. The molecule has 0 fully saturated rings. The molecular formula is C10H9NO2. The minimum Gasteiger partial charge on any atom is -0.413 e. The van der Waals surface area contributed by atoms with Gasteiger partial charge in [-0.25, -0.2) is 9.79 Å². The SMILES string of the molecule is O=C1OC=NC1Cc1ccccc1. The number of hydrogen-bond donors (Lipinski definition) is 0. The lowest BCUT2D eigenvalue weighted by molar-refractivity contribution is -0.134. The Morgan fingerprint density at radius 2 is 2.08 bits per heavy atom. The molecule has 1 aromatic rings. The molecular weight excluding hydrogens is 166 g/mol. The first-order chi connectivity index (χ1) is 6.36. The molecule has 2 rings (SSSR count). The van der Waals surface area contributed by atoms with Gasteiger partial charge in [-0.1, -0.05) is 30.3 Å². The molecule has 1 unspecified atom stereocenters. The van der Waals surface area contributed by atoms with Gasteiger partial charge in [0.25, 0.3) is 0 Å². The fourth-order valence-electron chi connectivity index (χ4n) is 1.27. The van der Waals surface area contributed by atoms with Crippen molar-refractivity contribution in [3.63, 3.8) is 0 Å². The van der Waals surface area contributed by atoms with Crippen molar-refractivity contribution in [2.24, 2.45) is 4.99 Å². The van der Waals surface area contributed by atoms with Crippen LogP contribution in [-0.4, -0.2) is 18.4 Å². The summed E-state index contributed by atoms with van der Waals surface area (Å²) in [5, 5.41) is 0. The third kappa shape index (κ3) is 1.75. The highest BCUT2D eigenvalue weighted by Gasteiger charge is 2.22. The number of ether oxygens (including phenoxy) is 1. The monoisotopic (exact) mass is 175 g/mol. The normalized spacial score (nSPS) is 20.3. The molecule has 0 saturated heterocycles. The molecule has 0 aromatic heterocycles. The Hall–Kier alpha value is -1.64. The van der Waals surface area contributed by atoms with E-state index in [9.17, 15) is 4.79 Å². The Labute approximate surface area is 76.1 Å². The van der Waals surface area contributed by atoms with E-state index in [1.807, 2.05) is 30.3 Å². The van der Waals surface area contributed by atoms with E-state index in [0.717, 1.165) is 5.56 Å². The average Bonchev–Trinajstić information content (AvgIpc) is 2.54. The smallest absolute Gasteiger partial charge is 0.337 e. The van der Waals surface area contributed by atoms with Crippen LogP contribution in [0.5, 0.6) is 0 Å². The van der Waals surface area contributed by atoms with Gasteiger partial charge in [0.1, 0.15) is 0 Å². The summed E-state index contributed by atoms with van der Waals surface area (Å²) in [6.45, 7) is 0. The van der Waals surface area contributed by atoms with Crippen LogP contribution in [0.1, 0.15) is 5.56 Å². The number of nitrogens with zero attached hydrogens (tertiary/aromatic N) is 1. The number of carbonyl (C=O) groups excluding carboxylic acids is 1. The molecule has 0 spiro atoms. The molecule has 1 aromatic carbocycles. The van der Waals surface area contributed by atoms with Crippen molar-refractivity contribution in [3.8, 4) is 0 Å². The van der Waals surface area contributed by atoms with Crippen LogP contribution in [0.3, 0.4) is 0 Å². The van der Waals surface area contributed by atoms with E-state index in [-0.39, 0.29) is 12.0 Å². The van der Waals surface area contributed by atoms with Gasteiger partial charge < -0.3 is 4.74 Å². The largest absolute Gasteiger partial charge is 0.413 e. The number of benzene rings is 1. The first-order valence-electron chi connectivity index (χ1n) is 4.12. The Bertz CT molecular complexity index is 332. The van der Waals surface area contributed by atoms with E-state index in [2.05, 4.69) is 9.73 Å². The van der Waals surface area contributed by atoms with Gasteiger partial charge in [0.15, 0.2) is 12.4 Å². The second-order valence-corrected chi connectivity index (χ2v) is 2.90. The van der Waals surface area contributed by atoms with Gasteiger partial charge >= 0.3 is 5.97 Å². The van der Waals surface area contributed by atoms with Crippen LogP contribution in [0, 0.1) is 0 Å². The van der Waals surface area contributed by atoms with Crippen LogP contribution in [0.25, 0.3) is 0 Å². The maximum Gasteiger partial charge on any atom is 0.337 e. The number of hydrogen-bond acceptors (Lipinski definition) is 3. The zero-order valence-corrected chi connectivity index (χ0v) is 7.01. The molecule has 0 N–H and O–H groups in total. The van der Waals surface area contributed by atoms with Crippen molar-refractivity contribution in [3.05, 3.63) is 35.9 Å². The van der Waals surface area contributed by atoms with Crippen LogP contribution in [0.2, 0.25) is 0 Å². The summed E-state index contributed by atoms with van der Waals surface area (Å²) in [5.41, 5.74) is 1.10. The molecule has 0 bridgehead atoms. The van der Waals surface area contributed by atoms with Gasteiger partial charge in [0, 0.05) is 6.42 Å². The fraction of sp³-hybridized carbons (Fsp3) is 0.200. The molecule has 3 nitrogen and oxygen atoms in total. The fourth-order valence-corrected chi connectivity index (χ4v) is 1.27. The van der Waals surface area contributed by atoms with Gasteiger partial charge in [-0.05, 0) is 5.56 Å². The molecule has 3 heteroatoms. The number of rotatable bonds is 2. The lowest BCUT2D eigenvalue weighted by Crippen LogP contribution is -2.17. The Balaban J connectivity index is 2.06. The van der Waals surface area contributed by atoms with Crippen molar-refractivity contribution >= 4 is 12.4 Å². The summed E-state index contributed by atoms with van der Waals surface area (Å²) >= 11 is 0. The van der Waals surface area contributed by atoms with Crippen molar-refractivity contribution in [1.82, 2.24) is 0 Å². The van der Waals surface area contributed by atoms with Gasteiger partial charge in [0.05, 0.1) is 0 Å². The van der Waals surface area contributed by atoms with Crippen molar-refractivity contribution in [2.45, 2.75) is 12.5 Å². The molecule has 13 heavy (non-hydrogen) atoms.